The van der Waals surface area contributed by atoms with Crippen LogP contribution in [0.25, 0.3) is 0 Å². The molecule has 0 aromatic heterocycles. The normalized spacial score (nSPS) is 21.5. The van der Waals surface area contributed by atoms with Gasteiger partial charge in [0, 0.05) is 39.3 Å². The summed E-state index contributed by atoms with van der Waals surface area (Å²) < 4.78 is 23.5. The van der Waals surface area contributed by atoms with Crippen LogP contribution in [0.1, 0.15) is 11.1 Å². The fraction of sp³-hybridized carbons (Fsp3) is 0.556. The van der Waals surface area contributed by atoms with Crippen molar-refractivity contribution >= 4 is 0 Å². The van der Waals surface area contributed by atoms with Crippen LogP contribution >= 0.6 is 0 Å². The second-order valence-corrected chi connectivity index (χ2v) is 8.50. The van der Waals surface area contributed by atoms with Crippen LogP contribution in [0.3, 0.4) is 0 Å². The van der Waals surface area contributed by atoms with Gasteiger partial charge < -0.3 is 24.1 Å². The van der Waals surface area contributed by atoms with Crippen LogP contribution in [0.4, 0.5) is 0 Å². The summed E-state index contributed by atoms with van der Waals surface area (Å²) in [5.74, 6) is 0. The minimum absolute atomic E-state index is 0.0522. The van der Waals surface area contributed by atoms with Gasteiger partial charge in [-0.05, 0) is 11.1 Å². The zero-order chi connectivity index (χ0) is 23.7. The monoisotopic (exact) mass is 472 g/mol. The van der Waals surface area contributed by atoms with E-state index in [1.165, 1.54) is 11.1 Å². The molecule has 1 aliphatic rings. The maximum absolute atomic E-state index is 9.73. The summed E-state index contributed by atoms with van der Waals surface area (Å²) in [5.41, 5.74) is 2.53. The Morgan fingerprint density at radius 1 is 0.618 bits per heavy atom. The highest BCUT2D eigenvalue weighted by Crippen LogP contribution is 2.07. The largest absolute Gasteiger partial charge is 0.394 e. The van der Waals surface area contributed by atoms with E-state index in [9.17, 15) is 5.11 Å². The summed E-state index contributed by atoms with van der Waals surface area (Å²) in [5, 5.41) is 9.73. The molecule has 1 fully saturated rings. The van der Waals surface area contributed by atoms with Gasteiger partial charge in [0.1, 0.15) is 6.10 Å². The van der Waals surface area contributed by atoms with Crippen LogP contribution in [0.5, 0.6) is 0 Å². The summed E-state index contributed by atoms with van der Waals surface area (Å²) in [6.45, 7) is 8.78. The van der Waals surface area contributed by atoms with E-state index < -0.39 is 0 Å². The van der Waals surface area contributed by atoms with Gasteiger partial charge in [-0.25, -0.2) is 0 Å². The molecule has 0 spiro atoms. The van der Waals surface area contributed by atoms with Crippen LogP contribution in [0, 0.1) is 0 Å². The minimum Gasteiger partial charge on any atom is -0.394 e. The highest BCUT2D eigenvalue weighted by Gasteiger charge is 2.13. The van der Waals surface area contributed by atoms with Crippen LogP contribution in [0.2, 0.25) is 0 Å². The van der Waals surface area contributed by atoms with Gasteiger partial charge in [0.25, 0.3) is 0 Å². The smallest absolute Gasteiger partial charge is 0.104 e. The minimum atomic E-state index is -0.320. The predicted octanol–water partition coefficient (Wildman–Crippen LogP) is 2.43. The van der Waals surface area contributed by atoms with Crippen molar-refractivity contribution in [3.63, 3.8) is 0 Å². The van der Waals surface area contributed by atoms with Crippen molar-refractivity contribution in [2.24, 2.45) is 0 Å². The van der Waals surface area contributed by atoms with Crippen molar-refractivity contribution < 1.29 is 24.1 Å². The number of aliphatic hydroxyl groups excluding tert-OH is 1. The van der Waals surface area contributed by atoms with Gasteiger partial charge in [0.15, 0.2) is 0 Å². The molecule has 1 aliphatic heterocycles. The Balaban J connectivity index is 1.50. The van der Waals surface area contributed by atoms with Gasteiger partial charge >= 0.3 is 0 Å². The van der Waals surface area contributed by atoms with E-state index in [0.717, 1.165) is 39.3 Å². The fourth-order valence-corrected chi connectivity index (χ4v) is 3.84. The molecule has 2 aromatic rings. The first-order chi connectivity index (χ1) is 16.8. The maximum Gasteiger partial charge on any atom is 0.104 e. The lowest BCUT2D eigenvalue weighted by Crippen LogP contribution is -2.35. The zero-order valence-electron chi connectivity index (χ0n) is 20.2. The van der Waals surface area contributed by atoms with E-state index >= 15 is 0 Å². The molecular weight excluding hydrogens is 432 g/mol. The molecule has 7 heteroatoms. The number of ether oxygens (including phenoxy) is 4. The molecule has 3 rings (SSSR count). The molecule has 0 aliphatic carbocycles. The van der Waals surface area contributed by atoms with Gasteiger partial charge in [-0.2, -0.15) is 0 Å². The predicted molar refractivity (Wildman–Crippen MR) is 133 cm³/mol. The van der Waals surface area contributed by atoms with Crippen molar-refractivity contribution in [1.29, 1.82) is 0 Å². The molecule has 0 saturated carbocycles. The van der Waals surface area contributed by atoms with E-state index in [1.54, 1.807) is 0 Å². The summed E-state index contributed by atoms with van der Waals surface area (Å²) >= 11 is 0. The molecule has 188 valence electrons. The fourth-order valence-electron chi connectivity index (χ4n) is 3.84. The average Bonchev–Trinajstić information content (AvgIpc) is 2.87. The van der Waals surface area contributed by atoms with Crippen LogP contribution in [-0.4, -0.2) is 100 Å². The first-order valence-electron chi connectivity index (χ1n) is 12.3. The summed E-state index contributed by atoms with van der Waals surface area (Å²) in [6, 6.07) is 20.8. The van der Waals surface area contributed by atoms with E-state index in [0.29, 0.717) is 46.2 Å². The standard InChI is InChI=1S/C27H40N2O5/c30-23-27-24-33-17-13-28(21-25-7-3-1-4-8-25)11-15-31-19-20-32-16-12-29(14-18-34-27)22-26-9-5-2-6-10-26/h1-10,27,30H,11-24H2. The Bertz CT molecular complexity index is 749. The molecule has 2 aromatic carbocycles. The van der Waals surface area contributed by atoms with Gasteiger partial charge in [-0.3, -0.25) is 9.80 Å². The maximum atomic E-state index is 9.73. The molecule has 1 heterocycles. The van der Waals surface area contributed by atoms with Gasteiger partial charge in [0.05, 0.1) is 52.9 Å². The van der Waals surface area contributed by atoms with Crippen molar-refractivity contribution in [2.75, 3.05) is 79.0 Å². The number of hydrogen-bond acceptors (Lipinski definition) is 7. The summed E-state index contributed by atoms with van der Waals surface area (Å²) in [7, 11) is 0. The van der Waals surface area contributed by atoms with Crippen LogP contribution < -0.4 is 0 Å². The Kier molecular flexibility index (Phi) is 13.2. The SMILES string of the molecule is OCC1COCCN(Cc2ccccc2)CCOCCOCCN(Cc2ccccc2)CCO1. The Morgan fingerprint density at radius 3 is 1.59 bits per heavy atom. The Labute approximate surface area is 204 Å². The first kappa shape index (κ1) is 26.8. The van der Waals surface area contributed by atoms with E-state index in [2.05, 4.69) is 58.3 Å². The highest BCUT2D eigenvalue weighted by molar-refractivity contribution is 5.15. The second kappa shape index (κ2) is 16.7. The number of rotatable bonds is 5. The molecule has 34 heavy (non-hydrogen) atoms. The number of nitrogens with zero attached hydrogens (tertiary/aromatic N) is 2. The molecule has 1 N–H and O–H groups in total. The molecule has 0 radical (unpaired) electrons. The van der Waals surface area contributed by atoms with Crippen molar-refractivity contribution in [1.82, 2.24) is 9.80 Å². The Hall–Kier alpha value is -1.84. The molecule has 1 atom stereocenters. The summed E-state index contributed by atoms with van der Waals surface area (Å²) in [4.78, 5) is 4.64. The van der Waals surface area contributed by atoms with Gasteiger partial charge in [0.2, 0.25) is 0 Å². The second-order valence-electron chi connectivity index (χ2n) is 8.50. The molecule has 1 saturated heterocycles. The van der Waals surface area contributed by atoms with E-state index in [4.69, 9.17) is 18.9 Å². The molecular formula is C27H40N2O5. The van der Waals surface area contributed by atoms with Crippen molar-refractivity contribution in [2.45, 2.75) is 19.2 Å². The third-order valence-corrected chi connectivity index (χ3v) is 5.79. The molecule has 7 nitrogen and oxygen atoms in total. The first-order valence-corrected chi connectivity index (χ1v) is 12.3. The average molecular weight is 473 g/mol. The quantitative estimate of drug-likeness (QED) is 0.717. The molecule has 0 amide bonds. The Morgan fingerprint density at radius 2 is 1.09 bits per heavy atom. The van der Waals surface area contributed by atoms with E-state index in [-0.39, 0.29) is 12.7 Å². The number of aliphatic hydroxyl groups is 1. The zero-order valence-corrected chi connectivity index (χ0v) is 20.2. The number of benzene rings is 2. The third-order valence-electron chi connectivity index (χ3n) is 5.79. The third kappa shape index (κ3) is 11.1. The van der Waals surface area contributed by atoms with Crippen molar-refractivity contribution in [3.8, 4) is 0 Å². The van der Waals surface area contributed by atoms with Gasteiger partial charge in [-0.15, -0.1) is 0 Å². The molecule has 0 bridgehead atoms. The highest BCUT2D eigenvalue weighted by atomic mass is 16.5. The van der Waals surface area contributed by atoms with Crippen LogP contribution in [0.15, 0.2) is 60.7 Å². The topological polar surface area (TPSA) is 63.6 Å². The lowest BCUT2D eigenvalue weighted by atomic mass is 10.2. The van der Waals surface area contributed by atoms with Gasteiger partial charge in [-0.1, -0.05) is 60.7 Å². The molecule has 1 unspecified atom stereocenters. The van der Waals surface area contributed by atoms with Crippen molar-refractivity contribution in [3.05, 3.63) is 71.8 Å². The summed E-state index contributed by atoms with van der Waals surface area (Å²) in [6.07, 6.45) is -0.320. The number of hydrogen-bond donors (Lipinski definition) is 1. The van der Waals surface area contributed by atoms with Crippen LogP contribution in [-0.2, 0) is 32.0 Å². The lowest BCUT2D eigenvalue weighted by Gasteiger charge is -2.25. The van der Waals surface area contributed by atoms with E-state index in [1.807, 2.05) is 12.1 Å². The lowest BCUT2D eigenvalue weighted by molar-refractivity contribution is -0.0534.